The predicted octanol–water partition coefficient (Wildman–Crippen LogP) is 4.49. The van der Waals surface area contributed by atoms with Crippen molar-refractivity contribution in [3.8, 4) is 0 Å². The fourth-order valence-electron chi connectivity index (χ4n) is 1.52. The molecule has 0 saturated heterocycles. The van der Waals surface area contributed by atoms with Gasteiger partial charge in [-0.3, -0.25) is 0 Å². The first kappa shape index (κ1) is 18.5. The van der Waals surface area contributed by atoms with Gasteiger partial charge in [0.1, 0.15) is 0 Å². The number of aliphatic hydroxyl groups excluding tert-OH is 1. The average Bonchev–Trinajstić information content (AvgIpc) is 2.35. The maximum absolute atomic E-state index is 13.2. The lowest BCUT2D eigenvalue weighted by Crippen LogP contribution is -2.37. The summed E-state index contributed by atoms with van der Waals surface area (Å²) < 4.78 is 126. The highest BCUT2D eigenvalue weighted by Crippen LogP contribution is 2.48. The Balaban J connectivity index is 3.57. The number of hydrogen-bond donors (Lipinski definition) is 1. The Morgan fingerprint density at radius 2 is 1.18 bits per heavy atom. The van der Waals surface area contributed by atoms with Crippen molar-refractivity contribution in [3.05, 3.63) is 34.9 Å². The molecule has 22 heavy (non-hydrogen) atoms. The van der Waals surface area contributed by atoms with Gasteiger partial charge in [-0.2, -0.15) is 43.9 Å². The van der Waals surface area contributed by atoms with E-state index in [1.165, 1.54) is 0 Å². The Morgan fingerprint density at radius 1 is 0.727 bits per heavy atom. The lowest BCUT2D eigenvalue weighted by molar-refractivity contribution is -0.292. The van der Waals surface area contributed by atoms with Gasteiger partial charge in [0, 0.05) is 11.1 Å². The van der Waals surface area contributed by atoms with E-state index in [4.69, 9.17) is 5.11 Å². The Labute approximate surface area is 116 Å². The van der Waals surface area contributed by atoms with Crippen LogP contribution in [0.4, 0.5) is 43.9 Å². The van der Waals surface area contributed by atoms with Crippen LogP contribution in [0.25, 0.3) is 0 Å². The SMILES string of the molecule is OCc1ccc(C(F)(F)C(F)(F)F)cc1C(F)(F)C(F)(F)F. The van der Waals surface area contributed by atoms with Crippen LogP contribution in [0.15, 0.2) is 18.2 Å². The quantitative estimate of drug-likeness (QED) is 0.802. The van der Waals surface area contributed by atoms with Gasteiger partial charge in [0.2, 0.25) is 0 Å². The summed E-state index contributed by atoms with van der Waals surface area (Å²) in [7, 11) is 0. The average molecular weight is 344 g/mol. The second-order valence-corrected chi connectivity index (χ2v) is 4.17. The number of halogens is 10. The standard InChI is InChI=1S/C11H6F10O/c12-8(13,10(16,17)18)6-2-1-5(4-22)7(3-6)9(14,15)11(19,20)21/h1-3,22H,4H2. The lowest BCUT2D eigenvalue weighted by Gasteiger charge is -2.25. The largest absolute Gasteiger partial charge is 0.458 e. The molecule has 1 rings (SSSR count). The highest BCUT2D eigenvalue weighted by atomic mass is 19.4. The fourth-order valence-corrected chi connectivity index (χ4v) is 1.52. The molecule has 0 amide bonds. The summed E-state index contributed by atoms with van der Waals surface area (Å²) in [5.41, 5.74) is -5.37. The minimum absolute atomic E-state index is 0.0228. The summed E-state index contributed by atoms with van der Waals surface area (Å²) in [4.78, 5) is 0. The molecule has 0 aromatic heterocycles. The second-order valence-electron chi connectivity index (χ2n) is 4.17. The van der Waals surface area contributed by atoms with E-state index in [0.29, 0.717) is 0 Å². The van der Waals surface area contributed by atoms with Gasteiger partial charge in [0.15, 0.2) is 0 Å². The van der Waals surface area contributed by atoms with Crippen molar-refractivity contribution in [1.82, 2.24) is 0 Å². The van der Waals surface area contributed by atoms with Crippen molar-refractivity contribution in [1.29, 1.82) is 0 Å². The molecule has 0 aliphatic heterocycles. The zero-order chi connectivity index (χ0) is 17.6. The molecule has 126 valence electrons. The third-order valence-electron chi connectivity index (χ3n) is 2.69. The van der Waals surface area contributed by atoms with E-state index in [-0.39, 0.29) is 12.1 Å². The third-order valence-corrected chi connectivity index (χ3v) is 2.69. The van der Waals surface area contributed by atoms with Crippen molar-refractivity contribution in [2.45, 2.75) is 30.8 Å². The summed E-state index contributed by atoms with van der Waals surface area (Å²) in [6, 6.07) is -0.425. The Hall–Kier alpha value is -1.52. The monoisotopic (exact) mass is 344 g/mol. The van der Waals surface area contributed by atoms with Gasteiger partial charge in [-0.15, -0.1) is 0 Å². The van der Waals surface area contributed by atoms with Gasteiger partial charge < -0.3 is 5.11 Å². The van der Waals surface area contributed by atoms with E-state index in [9.17, 15) is 43.9 Å². The van der Waals surface area contributed by atoms with Crippen LogP contribution in [0.3, 0.4) is 0 Å². The summed E-state index contributed by atoms with van der Waals surface area (Å²) in [5, 5.41) is 8.69. The molecule has 0 heterocycles. The number of alkyl halides is 10. The molecule has 0 saturated carbocycles. The van der Waals surface area contributed by atoms with Crippen molar-refractivity contribution in [2.75, 3.05) is 0 Å². The minimum Gasteiger partial charge on any atom is -0.392 e. The first-order valence-electron chi connectivity index (χ1n) is 5.30. The molecule has 0 fully saturated rings. The molecular weight excluding hydrogens is 338 g/mol. The Kier molecular flexibility index (Phi) is 4.45. The van der Waals surface area contributed by atoms with Crippen LogP contribution in [-0.2, 0) is 18.5 Å². The first-order valence-corrected chi connectivity index (χ1v) is 5.30. The molecule has 0 atom stereocenters. The van der Waals surface area contributed by atoms with Crippen molar-refractivity contribution < 1.29 is 49.0 Å². The number of hydrogen-bond acceptors (Lipinski definition) is 1. The van der Waals surface area contributed by atoms with Crippen LogP contribution >= 0.6 is 0 Å². The van der Waals surface area contributed by atoms with Crippen molar-refractivity contribution >= 4 is 0 Å². The molecule has 1 N–H and O–H groups in total. The van der Waals surface area contributed by atoms with E-state index < -0.39 is 53.6 Å². The zero-order valence-corrected chi connectivity index (χ0v) is 10.2. The third kappa shape index (κ3) is 2.99. The predicted molar refractivity (Wildman–Crippen MR) is 52.3 cm³/mol. The topological polar surface area (TPSA) is 20.2 Å². The van der Waals surface area contributed by atoms with Gasteiger partial charge in [-0.05, 0) is 11.6 Å². The highest BCUT2D eigenvalue weighted by Gasteiger charge is 2.62. The Bertz CT molecular complexity index is 543. The van der Waals surface area contributed by atoms with E-state index in [1.807, 2.05) is 0 Å². The lowest BCUT2D eigenvalue weighted by atomic mass is 9.96. The summed E-state index contributed by atoms with van der Waals surface area (Å²) in [6.45, 7) is -1.40. The number of benzene rings is 1. The molecule has 0 bridgehead atoms. The minimum atomic E-state index is -6.23. The normalized spacial score (nSPS) is 14.3. The molecule has 0 aliphatic rings. The van der Waals surface area contributed by atoms with Gasteiger partial charge in [0.25, 0.3) is 0 Å². The van der Waals surface area contributed by atoms with E-state index in [0.717, 1.165) is 0 Å². The van der Waals surface area contributed by atoms with Gasteiger partial charge >= 0.3 is 24.2 Å². The summed E-state index contributed by atoms with van der Waals surface area (Å²) in [6.07, 6.45) is -12.4. The second kappa shape index (κ2) is 5.28. The molecule has 1 aromatic rings. The van der Waals surface area contributed by atoms with Crippen LogP contribution in [-0.4, -0.2) is 17.5 Å². The van der Waals surface area contributed by atoms with Crippen LogP contribution in [0.5, 0.6) is 0 Å². The molecule has 0 unspecified atom stereocenters. The van der Waals surface area contributed by atoms with Crippen molar-refractivity contribution in [3.63, 3.8) is 0 Å². The molecular formula is C11H6F10O. The summed E-state index contributed by atoms with van der Waals surface area (Å²) in [5.74, 6) is -11.3. The smallest absolute Gasteiger partial charge is 0.392 e. The maximum Gasteiger partial charge on any atom is 0.458 e. The first-order chi connectivity index (χ1) is 9.66. The number of aliphatic hydroxyl groups is 1. The van der Waals surface area contributed by atoms with Gasteiger partial charge in [-0.1, -0.05) is 12.1 Å². The highest BCUT2D eigenvalue weighted by molar-refractivity contribution is 5.38. The van der Waals surface area contributed by atoms with Crippen molar-refractivity contribution in [2.24, 2.45) is 0 Å². The number of rotatable bonds is 3. The van der Waals surface area contributed by atoms with Crippen LogP contribution in [0.1, 0.15) is 16.7 Å². The molecule has 0 aliphatic carbocycles. The Morgan fingerprint density at radius 3 is 1.55 bits per heavy atom. The van der Waals surface area contributed by atoms with E-state index in [1.54, 1.807) is 0 Å². The van der Waals surface area contributed by atoms with Crippen LogP contribution < -0.4 is 0 Å². The molecule has 0 radical (unpaired) electrons. The van der Waals surface area contributed by atoms with Crippen LogP contribution in [0, 0.1) is 0 Å². The zero-order valence-electron chi connectivity index (χ0n) is 10.2. The fraction of sp³-hybridized carbons (Fsp3) is 0.455. The molecule has 0 spiro atoms. The maximum atomic E-state index is 13.2. The molecule has 1 aromatic carbocycles. The summed E-state index contributed by atoms with van der Waals surface area (Å²) >= 11 is 0. The van der Waals surface area contributed by atoms with E-state index in [2.05, 4.69) is 0 Å². The van der Waals surface area contributed by atoms with Gasteiger partial charge in [0.05, 0.1) is 6.61 Å². The van der Waals surface area contributed by atoms with Crippen LogP contribution in [0.2, 0.25) is 0 Å². The van der Waals surface area contributed by atoms with Gasteiger partial charge in [-0.25, -0.2) is 0 Å². The molecule has 11 heteroatoms. The van der Waals surface area contributed by atoms with E-state index >= 15 is 0 Å². The molecule has 1 nitrogen and oxygen atoms in total.